The summed E-state index contributed by atoms with van der Waals surface area (Å²) >= 11 is 0. The molecule has 1 aliphatic rings. The van der Waals surface area contributed by atoms with Gasteiger partial charge in [-0.15, -0.1) is 0 Å². The summed E-state index contributed by atoms with van der Waals surface area (Å²) in [5.41, 5.74) is 9.10. The topological polar surface area (TPSA) is 9.34 Å². The molecule has 0 atom stereocenters. The van der Waals surface area contributed by atoms with Crippen molar-refractivity contribution in [3.63, 3.8) is 0 Å². The maximum atomic E-state index is 2.56. The van der Waals surface area contributed by atoms with Gasteiger partial charge in [0.25, 0.3) is 0 Å². The zero-order chi connectivity index (χ0) is 33.5. The predicted molar refractivity (Wildman–Crippen MR) is 218 cm³/mol. The lowest BCUT2D eigenvalue weighted by atomic mass is 9.98. The average molecular weight is 667 g/mol. The molecule has 3 aromatic heterocycles. The van der Waals surface area contributed by atoms with Crippen molar-refractivity contribution < 1.29 is 0 Å². The molecule has 0 amide bonds. The Labute approximate surface area is 297 Å². The highest BCUT2D eigenvalue weighted by Gasteiger charge is 2.41. The van der Waals surface area contributed by atoms with Gasteiger partial charge in [-0.1, -0.05) is 146 Å². The monoisotopic (exact) mass is 666 g/mol. The number of benzene rings is 7. The Balaban J connectivity index is 1.22. The van der Waals surface area contributed by atoms with E-state index in [2.05, 4.69) is 191 Å². The summed E-state index contributed by atoms with van der Waals surface area (Å²) in [7, 11) is -2.62. The van der Waals surface area contributed by atoms with E-state index in [4.69, 9.17) is 0 Å². The number of para-hydroxylation sites is 1. The molecule has 0 saturated heterocycles. The lowest BCUT2D eigenvalue weighted by Crippen LogP contribution is -2.74. The van der Waals surface area contributed by atoms with Crippen LogP contribution in [-0.2, 0) is 6.42 Å². The smallest absolute Gasteiger partial charge is 0.179 e. The molecule has 2 nitrogen and oxygen atoms in total. The Morgan fingerprint density at radius 2 is 0.922 bits per heavy atom. The first-order valence-electron chi connectivity index (χ1n) is 18.0. The molecule has 0 saturated carbocycles. The number of hydrogen-bond donors (Lipinski definition) is 0. The molecular weight excluding hydrogens is 633 g/mol. The van der Waals surface area contributed by atoms with Crippen LogP contribution in [-0.4, -0.2) is 17.0 Å². The minimum atomic E-state index is -2.62. The normalized spacial score (nSPS) is 13.1. The lowest BCUT2D eigenvalue weighted by Gasteiger charge is -2.34. The Bertz CT molecular complexity index is 2900. The van der Waals surface area contributed by atoms with E-state index in [-0.39, 0.29) is 0 Å². The highest BCUT2D eigenvalue weighted by molar-refractivity contribution is 7.19. The number of rotatable bonds is 5. The van der Waals surface area contributed by atoms with Crippen molar-refractivity contribution in [2.75, 3.05) is 0 Å². The summed E-state index contributed by atoms with van der Waals surface area (Å²) in [4.78, 5) is 0. The third kappa shape index (κ3) is 3.87. The van der Waals surface area contributed by atoms with Crippen LogP contribution in [0.5, 0.6) is 0 Å². The SMILES string of the molecule is C1=c2c3cccc4c3c3c(cccc3n3c2c(c2ccccc23)CC1)n4-c1ccc([Si](c2ccccc2)(c2ccccc2)c2ccccc2)cc1. The van der Waals surface area contributed by atoms with E-state index in [1.54, 1.807) is 0 Å². The zero-order valence-corrected chi connectivity index (χ0v) is 29.1. The summed E-state index contributed by atoms with van der Waals surface area (Å²) in [6, 6.07) is 65.9. The van der Waals surface area contributed by atoms with E-state index in [0.29, 0.717) is 0 Å². The van der Waals surface area contributed by atoms with Gasteiger partial charge in [0.2, 0.25) is 0 Å². The molecule has 0 spiro atoms. The number of nitrogens with zero attached hydrogens (tertiary/aromatic N) is 2. The van der Waals surface area contributed by atoms with Gasteiger partial charge in [0, 0.05) is 27.1 Å². The van der Waals surface area contributed by atoms with Gasteiger partial charge >= 0.3 is 0 Å². The van der Waals surface area contributed by atoms with E-state index < -0.39 is 8.07 Å². The molecule has 0 fully saturated rings. The zero-order valence-electron chi connectivity index (χ0n) is 28.1. The molecule has 7 aromatic carbocycles. The van der Waals surface area contributed by atoms with Crippen molar-refractivity contribution in [3.05, 3.63) is 187 Å². The second-order valence-electron chi connectivity index (χ2n) is 13.9. The van der Waals surface area contributed by atoms with Crippen molar-refractivity contribution in [2.24, 2.45) is 0 Å². The van der Waals surface area contributed by atoms with Gasteiger partial charge in [-0.2, -0.15) is 0 Å². The minimum absolute atomic E-state index is 1.06. The van der Waals surface area contributed by atoms with Crippen molar-refractivity contribution in [3.8, 4) is 5.69 Å². The lowest BCUT2D eigenvalue weighted by molar-refractivity contribution is 1.04. The van der Waals surface area contributed by atoms with Crippen LogP contribution in [0.1, 0.15) is 12.0 Å². The summed E-state index contributed by atoms with van der Waals surface area (Å²) in [6.07, 6.45) is 4.62. The van der Waals surface area contributed by atoms with Gasteiger partial charge in [0.15, 0.2) is 8.07 Å². The van der Waals surface area contributed by atoms with E-state index in [9.17, 15) is 0 Å². The van der Waals surface area contributed by atoms with Crippen LogP contribution in [0.15, 0.2) is 176 Å². The van der Waals surface area contributed by atoms with Gasteiger partial charge in [-0.3, -0.25) is 0 Å². The van der Waals surface area contributed by atoms with Gasteiger partial charge in [-0.05, 0) is 80.9 Å². The summed E-state index contributed by atoms with van der Waals surface area (Å²) < 4.78 is 5.06. The standard InChI is InChI=1S/C48H34N2Si/c1-4-15-34(16-5-1)51(35-17-6-2-7-18-35,36-19-8-3-9-20-36)37-31-29-33(30-32-37)49-43-26-13-22-39-41-24-12-23-40-38-21-10-11-25-42(38)50(48(40)41)45-28-14-27-44(49)47(45)46(39)43/h1-11,13-22,24-32H,12,23H2. The molecule has 51 heavy (non-hydrogen) atoms. The molecule has 10 aromatic rings. The van der Waals surface area contributed by atoms with Crippen molar-refractivity contribution in [2.45, 2.75) is 12.8 Å². The van der Waals surface area contributed by atoms with Gasteiger partial charge in [0.05, 0.1) is 27.6 Å². The largest absolute Gasteiger partial charge is 0.309 e. The Hall–Kier alpha value is -6.16. The van der Waals surface area contributed by atoms with E-state index >= 15 is 0 Å². The van der Waals surface area contributed by atoms with Crippen LogP contribution in [0, 0.1) is 0 Å². The van der Waals surface area contributed by atoms with Gasteiger partial charge in [-0.25, -0.2) is 0 Å². The Morgan fingerprint density at radius 1 is 0.412 bits per heavy atom. The first-order chi connectivity index (χ1) is 25.3. The molecular formula is C48H34N2Si. The number of aromatic nitrogens is 2. The fraction of sp³-hybridized carbons (Fsp3) is 0.0417. The summed E-state index contributed by atoms with van der Waals surface area (Å²) in [6.45, 7) is 0. The van der Waals surface area contributed by atoms with Gasteiger partial charge in [0.1, 0.15) is 0 Å². The first-order valence-corrected chi connectivity index (χ1v) is 20.0. The molecule has 0 N–H and O–H groups in total. The summed E-state index contributed by atoms with van der Waals surface area (Å²) in [5.74, 6) is 0. The molecule has 0 bridgehead atoms. The summed E-state index contributed by atoms with van der Waals surface area (Å²) in [5, 5.41) is 12.3. The first kappa shape index (κ1) is 28.7. The minimum Gasteiger partial charge on any atom is -0.309 e. The third-order valence-electron chi connectivity index (χ3n) is 11.5. The van der Waals surface area contributed by atoms with Crippen molar-refractivity contribution >= 4 is 84.0 Å². The second kappa shape index (κ2) is 10.9. The number of aryl methyl sites for hydroxylation is 1. The quantitative estimate of drug-likeness (QED) is 0.130. The molecule has 0 aliphatic heterocycles. The van der Waals surface area contributed by atoms with Crippen LogP contribution < -0.4 is 26.0 Å². The molecule has 3 heterocycles. The highest BCUT2D eigenvalue weighted by atomic mass is 28.3. The average Bonchev–Trinajstić information content (AvgIpc) is 3.69. The van der Waals surface area contributed by atoms with Crippen LogP contribution in [0.4, 0.5) is 0 Å². The number of hydrogen-bond acceptors (Lipinski definition) is 0. The Morgan fingerprint density at radius 3 is 1.59 bits per heavy atom. The maximum absolute atomic E-state index is 2.62. The van der Waals surface area contributed by atoms with Crippen molar-refractivity contribution in [1.29, 1.82) is 0 Å². The predicted octanol–water partition coefficient (Wildman–Crippen LogP) is 8.17. The highest BCUT2D eigenvalue weighted by Crippen LogP contribution is 2.40. The Kier molecular flexibility index (Phi) is 6.13. The molecule has 0 radical (unpaired) electrons. The van der Waals surface area contributed by atoms with Crippen LogP contribution in [0.2, 0.25) is 0 Å². The second-order valence-corrected chi connectivity index (χ2v) is 17.7. The third-order valence-corrected chi connectivity index (χ3v) is 16.3. The molecule has 0 unspecified atom stereocenters. The van der Waals surface area contributed by atoms with Crippen LogP contribution in [0.25, 0.3) is 60.9 Å². The molecule has 11 rings (SSSR count). The van der Waals surface area contributed by atoms with Crippen LogP contribution >= 0.6 is 0 Å². The fourth-order valence-corrected chi connectivity index (χ4v) is 14.2. The van der Waals surface area contributed by atoms with Crippen molar-refractivity contribution in [1.82, 2.24) is 8.97 Å². The van der Waals surface area contributed by atoms with Crippen LogP contribution in [0.3, 0.4) is 0 Å². The van der Waals surface area contributed by atoms with Gasteiger partial charge < -0.3 is 8.97 Å². The van der Waals surface area contributed by atoms with E-state index in [1.807, 2.05) is 0 Å². The van der Waals surface area contributed by atoms with E-state index in [1.165, 1.54) is 86.3 Å². The molecule has 1 aliphatic carbocycles. The molecule has 3 heteroatoms. The van der Waals surface area contributed by atoms with E-state index in [0.717, 1.165) is 12.8 Å². The number of fused-ring (bicyclic) bond motifs is 5. The maximum Gasteiger partial charge on any atom is 0.179 e. The molecule has 240 valence electrons. The fourth-order valence-electron chi connectivity index (χ4n) is 9.49.